The molecule has 0 aliphatic carbocycles. The predicted molar refractivity (Wildman–Crippen MR) is 66.7 cm³/mol. The van der Waals surface area contributed by atoms with E-state index in [1.54, 1.807) is 0 Å². The first-order valence-electron chi connectivity index (χ1n) is 5.79. The van der Waals surface area contributed by atoms with Gasteiger partial charge in [-0.25, -0.2) is 0 Å². The van der Waals surface area contributed by atoms with Crippen LogP contribution in [0.3, 0.4) is 0 Å². The van der Waals surface area contributed by atoms with E-state index in [2.05, 4.69) is 5.32 Å². The number of rotatable bonds is 5. The third kappa shape index (κ3) is 6.30. The lowest BCUT2D eigenvalue weighted by Crippen LogP contribution is -2.37. The number of nitrogens with one attached hydrogen (secondary N) is 1. The second-order valence-electron chi connectivity index (χ2n) is 4.30. The van der Waals surface area contributed by atoms with Crippen molar-refractivity contribution in [3.8, 4) is 0 Å². The lowest BCUT2D eigenvalue weighted by Gasteiger charge is -2.21. The third-order valence-corrected chi connectivity index (χ3v) is 2.88. The van der Waals surface area contributed by atoms with Crippen LogP contribution in [0.15, 0.2) is 0 Å². The van der Waals surface area contributed by atoms with E-state index in [9.17, 15) is 4.79 Å². The largest absolute Gasteiger partial charge is 0.381 e. The molecule has 4 nitrogen and oxygen atoms in total. The Morgan fingerprint density at radius 2 is 2.12 bits per heavy atom. The van der Waals surface area contributed by atoms with Gasteiger partial charge in [-0.15, -0.1) is 12.4 Å². The van der Waals surface area contributed by atoms with E-state index < -0.39 is 0 Å². The van der Waals surface area contributed by atoms with Gasteiger partial charge in [-0.1, -0.05) is 0 Å². The summed E-state index contributed by atoms with van der Waals surface area (Å²) < 4.78 is 5.27. The molecule has 0 saturated carbocycles. The van der Waals surface area contributed by atoms with Crippen molar-refractivity contribution < 1.29 is 9.53 Å². The van der Waals surface area contributed by atoms with Crippen LogP contribution in [0.2, 0.25) is 0 Å². The van der Waals surface area contributed by atoms with Gasteiger partial charge in [0.15, 0.2) is 0 Å². The Bertz CT molecular complexity index is 196. The summed E-state index contributed by atoms with van der Waals surface area (Å²) in [6.45, 7) is 4.13. The number of nitrogens with two attached hydrogens (primary N) is 1. The molecule has 0 unspecified atom stereocenters. The average Bonchev–Trinajstić information content (AvgIpc) is 2.27. The van der Waals surface area contributed by atoms with E-state index in [0.29, 0.717) is 18.9 Å². The summed E-state index contributed by atoms with van der Waals surface area (Å²) in [6.07, 6.45) is 3.79. The van der Waals surface area contributed by atoms with Gasteiger partial charge < -0.3 is 15.8 Å². The smallest absolute Gasteiger partial charge is 0.220 e. The van der Waals surface area contributed by atoms with Crippen molar-refractivity contribution in [2.24, 2.45) is 11.7 Å². The summed E-state index contributed by atoms with van der Waals surface area (Å²) in [4.78, 5) is 11.5. The first-order chi connectivity index (χ1) is 7.22. The van der Waals surface area contributed by atoms with Gasteiger partial charge in [0.05, 0.1) is 0 Å². The number of ether oxygens (including phenoxy) is 1. The Morgan fingerprint density at radius 1 is 1.50 bits per heavy atom. The third-order valence-electron chi connectivity index (χ3n) is 2.88. The summed E-state index contributed by atoms with van der Waals surface area (Å²) in [6, 6.07) is 0.0900. The van der Waals surface area contributed by atoms with E-state index in [1.165, 1.54) is 0 Å². The summed E-state index contributed by atoms with van der Waals surface area (Å²) >= 11 is 0. The van der Waals surface area contributed by atoms with Gasteiger partial charge in [0.25, 0.3) is 0 Å². The van der Waals surface area contributed by atoms with Crippen LogP contribution in [0.5, 0.6) is 0 Å². The summed E-state index contributed by atoms with van der Waals surface area (Å²) in [5.74, 6) is 0.789. The predicted octanol–water partition coefficient (Wildman–Crippen LogP) is 1.08. The van der Waals surface area contributed by atoms with Crippen LogP contribution in [0.1, 0.15) is 32.6 Å². The number of halogens is 1. The van der Waals surface area contributed by atoms with Gasteiger partial charge in [0, 0.05) is 32.2 Å². The van der Waals surface area contributed by atoms with E-state index in [4.69, 9.17) is 10.5 Å². The van der Waals surface area contributed by atoms with Crippen LogP contribution in [0.4, 0.5) is 0 Å². The van der Waals surface area contributed by atoms with E-state index in [-0.39, 0.29) is 24.4 Å². The van der Waals surface area contributed by atoms with Gasteiger partial charge in [-0.2, -0.15) is 0 Å². The van der Waals surface area contributed by atoms with Gasteiger partial charge >= 0.3 is 0 Å². The topological polar surface area (TPSA) is 64.3 Å². The van der Waals surface area contributed by atoms with Gasteiger partial charge in [0.1, 0.15) is 0 Å². The number of carbonyl (C=O) groups is 1. The highest BCUT2D eigenvalue weighted by molar-refractivity contribution is 5.85. The van der Waals surface area contributed by atoms with Crippen LogP contribution >= 0.6 is 12.4 Å². The molecule has 1 amide bonds. The SMILES string of the molecule is C[C@H](CN)NC(=O)CCC1CCOCC1.Cl. The molecule has 1 rings (SSSR count). The minimum absolute atomic E-state index is 0. The molecule has 0 bridgehead atoms. The van der Waals surface area contributed by atoms with Crippen molar-refractivity contribution in [2.75, 3.05) is 19.8 Å². The molecule has 0 aromatic heterocycles. The highest BCUT2D eigenvalue weighted by atomic mass is 35.5. The molecule has 3 N–H and O–H groups in total. The zero-order chi connectivity index (χ0) is 11.1. The average molecular weight is 251 g/mol. The molecule has 5 heteroatoms. The Morgan fingerprint density at radius 3 is 2.69 bits per heavy atom. The molecule has 1 saturated heterocycles. The second-order valence-corrected chi connectivity index (χ2v) is 4.30. The van der Waals surface area contributed by atoms with Gasteiger partial charge in [-0.3, -0.25) is 4.79 Å². The lowest BCUT2D eigenvalue weighted by molar-refractivity contribution is -0.122. The molecule has 1 aliphatic heterocycles. The fourth-order valence-corrected chi connectivity index (χ4v) is 1.78. The molecule has 16 heavy (non-hydrogen) atoms. The molecular formula is C11H23ClN2O2. The lowest BCUT2D eigenvalue weighted by atomic mass is 9.95. The van der Waals surface area contributed by atoms with Crippen LogP contribution in [0.25, 0.3) is 0 Å². The molecule has 1 heterocycles. The number of amides is 1. The van der Waals surface area contributed by atoms with Crippen molar-refractivity contribution in [1.29, 1.82) is 0 Å². The second kappa shape index (κ2) is 8.79. The van der Waals surface area contributed by atoms with Crippen LogP contribution in [-0.2, 0) is 9.53 Å². The normalized spacial score (nSPS) is 18.6. The molecule has 96 valence electrons. The molecular weight excluding hydrogens is 228 g/mol. The molecule has 1 atom stereocenters. The quantitative estimate of drug-likeness (QED) is 0.768. The summed E-state index contributed by atoms with van der Waals surface area (Å²) in [5.41, 5.74) is 5.43. The van der Waals surface area contributed by atoms with E-state index in [0.717, 1.165) is 32.5 Å². The Hall–Kier alpha value is -0.320. The maximum Gasteiger partial charge on any atom is 0.220 e. The molecule has 0 spiro atoms. The van der Waals surface area contributed by atoms with Crippen molar-refractivity contribution in [1.82, 2.24) is 5.32 Å². The van der Waals surface area contributed by atoms with Crippen LogP contribution in [0, 0.1) is 5.92 Å². The fourth-order valence-electron chi connectivity index (χ4n) is 1.78. The van der Waals surface area contributed by atoms with Gasteiger partial charge in [0.2, 0.25) is 5.91 Å². The summed E-state index contributed by atoms with van der Waals surface area (Å²) in [5, 5.41) is 2.87. The fraction of sp³-hybridized carbons (Fsp3) is 0.909. The highest BCUT2D eigenvalue weighted by Gasteiger charge is 2.15. The maximum absolute atomic E-state index is 11.5. The first-order valence-corrected chi connectivity index (χ1v) is 5.79. The molecule has 0 radical (unpaired) electrons. The Kier molecular flexibility index (Phi) is 8.61. The molecule has 0 aromatic carbocycles. The number of carbonyl (C=O) groups excluding carboxylic acids is 1. The van der Waals surface area contributed by atoms with Gasteiger partial charge in [-0.05, 0) is 32.1 Å². The number of hydrogen-bond donors (Lipinski definition) is 2. The zero-order valence-corrected chi connectivity index (χ0v) is 10.7. The van der Waals surface area contributed by atoms with Crippen LogP contribution < -0.4 is 11.1 Å². The monoisotopic (exact) mass is 250 g/mol. The van der Waals surface area contributed by atoms with E-state index in [1.807, 2.05) is 6.92 Å². The maximum atomic E-state index is 11.5. The van der Waals surface area contributed by atoms with Crippen molar-refractivity contribution in [3.05, 3.63) is 0 Å². The van der Waals surface area contributed by atoms with Crippen molar-refractivity contribution in [2.45, 2.75) is 38.6 Å². The zero-order valence-electron chi connectivity index (χ0n) is 9.91. The molecule has 1 fully saturated rings. The summed E-state index contributed by atoms with van der Waals surface area (Å²) in [7, 11) is 0. The molecule has 0 aromatic rings. The standard InChI is InChI=1S/C11H22N2O2.ClH/c1-9(8-12)13-11(14)3-2-10-4-6-15-7-5-10;/h9-10H,2-8,12H2,1H3,(H,13,14);1H/t9-;/m1./s1. The Balaban J connectivity index is 0.00000225. The minimum Gasteiger partial charge on any atom is -0.381 e. The van der Waals surface area contributed by atoms with Crippen LogP contribution in [-0.4, -0.2) is 31.7 Å². The minimum atomic E-state index is 0. The first kappa shape index (κ1) is 15.7. The van der Waals surface area contributed by atoms with Crippen molar-refractivity contribution in [3.63, 3.8) is 0 Å². The van der Waals surface area contributed by atoms with Crippen molar-refractivity contribution >= 4 is 18.3 Å². The Labute approximate surface area is 104 Å². The number of hydrogen-bond acceptors (Lipinski definition) is 3. The van der Waals surface area contributed by atoms with E-state index >= 15 is 0 Å². The highest BCUT2D eigenvalue weighted by Crippen LogP contribution is 2.19. The molecule has 1 aliphatic rings.